The van der Waals surface area contributed by atoms with E-state index in [1.807, 2.05) is 22.7 Å². The van der Waals surface area contributed by atoms with Gasteiger partial charge >= 0.3 is 0 Å². The third-order valence-corrected chi connectivity index (χ3v) is 20.2. The Labute approximate surface area is 533 Å². The van der Waals surface area contributed by atoms with Crippen molar-refractivity contribution in [3.63, 3.8) is 0 Å². The highest BCUT2D eigenvalue weighted by atomic mass is 32.1. The Morgan fingerprint density at radius 1 is 0.211 bits per heavy atom. The van der Waals surface area contributed by atoms with Gasteiger partial charge in [0.15, 0.2) is 0 Å². The molecule has 0 saturated heterocycles. The summed E-state index contributed by atoms with van der Waals surface area (Å²) >= 11 is 3.75. The molecule has 16 aromatic rings. The molecule has 14 aromatic carbocycles. The topological polar surface area (TPSA) is 6.48 Å². The van der Waals surface area contributed by atoms with Crippen molar-refractivity contribution in [1.82, 2.24) is 0 Å². The number of aryl methyl sites for hydroxylation is 2. The molecule has 0 radical (unpaired) electrons. The second kappa shape index (κ2) is 23.3. The summed E-state index contributed by atoms with van der Waals surface area (Å²) in [6.07, 6.45) is 0. The molecule has 0 atom stereocenters. The molecule has 0 spiro atoms. The van der Waals surface area contributed by atoms with Crippen LogP contribution in [-0.4, -0.2) is 0 Å². The number of thiophene rings is 2. The van der Waals surface area contributed by atoms with E-state index in [1.165, 1.54) is 96.0 Å². The first kappa shape index (κ1) is 54.5. The van der Waals surface area contributed by atoms with Crippen molar-refractivity contribution in [2.24, 2.45) is 0 Å². The molecule has 0 N–H and O–H groups in total. The molecule has 2 nitrogen and oxygen atoms in total. The fourth-order valence-electron chi connectivity index (χ4n) is 13.3. The van der Waals surface area contributed by atoms with Gasteiger partial charge in [-0.25, -0.2) is 0 Å². The maximum Gasteiger partial charge on any atom is 0.0540 e. The molecule has 426 valence electrons. The van der Waals surface area contributed by atoms with Crippen molar-refractivity contribution in [2.45, 2.75) is 13.8 Å². The van der Waals surface area contributed by atoms with Crippen LogP contribution in [0.2, 0.25) is 0 Å². The number of para-hydroxylation sites is 2. The third kappa shape index (κ3) is 10.0. The smallest absolute Gasteiger partial charge is 0.0540 e. The van der Waals surface area contributed by atoms with Gasteiger partial charge < -0.3 is 9.80 Å². The van der Waals surface area contributed by atoms with E-state index in [1.54, 1.807) is 0 Å². The van der Waals surface area contributed by atoms with Crippen LogP contribution in [0.15, 0.2) is 328 Å². The van der Waals surface area contributed by atoms with E-state index in [4.69, 9.17) is 0 Å². The van der Waals surface area contributed by atoms with Gasteiger partial charge in [0, 0.05) is 74.2 Å². The molecule has 4 heteroatoms. The van der Waals surface area contributed by atoms with Crippen LogP contribution in [0.5, 0.6) is 0 Å². The molecule has 2 aromatic heterocycles. The average molecular weight is 1190 g/mol. The van der Waals surface area contributed by atoms with Crippen LogP contribution in [0.25, 0.3) is 118 Å². The molecular formula is C86H60N2S2. The Kier molecular flexibility index (Phi) is 14.1. The Bertz CT molecular complexity index is 4960. The Morgan fingerprint density at radius 2 is 0.511 bits per heavy atom. The highest BCUT2D eigenvalue weighted by Crippen LogP contribution is 2.48. The summed E-state index contributed by atoms with van der Waals surface area (Å²) in [5, 5.41) is 5.23. The fraction of sp³-hybridized carbons (Fsp3) is 0.0233. The van der Waals surface area contributed by atoms with E-state index in [-0.39, 0.29) is 0 Å². The second-order valence-electron chi connectivity index (χ2n) is 23.2. The molecule has 0 amide bonds. The summed E-state index contributed by atoms with van der Waals surface area (Å²) in [7, 11) is 0. The quantitative estimate of drug-likeness (QED) is 0.114. The Balaban J connectivity index is 0.782. The maximum absolute atomic E-state index is 2.45. The van der Waals surface area contributed by atoms with Gasteiger partial charge in [-0.1, -0.05) is 255 Å². The highest BCUT2D eigenvalue weighted by Gasteiger charge is 2.23. The molecule has 0 saturated carbocycles. The number of hydrogen-bond acceptors (Lipinski definition) is 4. The van der Waals surface area contributed by atoms with Gasteiger partial charge in [0.1, 0.15) is 0 Å². The van der Waals surface area contributed by atoms with Crippen molar-refractivity contribution in [3.05, 3.63) is 339 Å². The minimum Gasteiger partial charge on any atom is -0.310 e. The minimum absolute atomic E-state index is 1.09. The predicted molar refractivity (Wildman–Crippen MR) is 389 cm³/mol. The van der Waals surface area contributed by atoms with Crippen molar-refractivity contribution in [1.29, 1.82) is 0 Å². The molecular weight excluding hydrogens is 1130 g/mol. The largest absolute Gasteiger partial charge is 0.310 e. The number of fused-ring (bicyclic) bond motifs is 6. The molecule has 90 heavy (non-hydrogen) atoms. The van der Waals surface area contributed by atoms with Crippen LogP contribution in [0, 0.1) is 13.8 Å². The average Bonchev–Trinajstić information content (AvgIpc) is 1.43. The lowest BCUT2D eigenvalue weighted by Gasteiger charge is -2.30. The van der Waals surface area contributed by atoms with E-state index < -0.39 is 0 Å². The fourth-order valence-corrected chi connectivity index (χ4v) is 15.8. The van der Waals surface area contributed by atoms with Crippen molar-refractivity contribution >= 4 is 97.1 Å². The third-order valence-electron chi connectivity index (χ3n) is 17.8. The first-order valence-electron chi connectivity index (χ1n) is 30.8. The highest BCUT2D eigenvalue weighted by molar-refractivity contribution is 7.26. The molecule has 0 bridgehead atoms. The van der Waals surface area contributed by atoms with Crippen molar-refractivity contribution in [2.75, 3.05) is 9.80 Å². The monoisotopic (exact) mass is 1180 g/mol. The van der Waals surface area contributed by atoms with Crippen molar-refractivity contribution in [3.8, 4) is 77.9 Å². The Hall–Kier alpha value is -10.9. The number of benzene rings is 14. The van der Waals surface area contributed by atoms with E-state index >= 15 is 0 Å². The van der Waals surface area contributed by atoms with Crippen LogP contribution in [0.4, 0.5) is 34.1 Å². The summed E-state index contributed by atoms with van der Waals surface area (Å²) in [6, 6.07) is 120. The molecule has 0 fully saturated rings. The zero-order chi connectivity index (χ0) is 60.1. The standard InChI is InChI=1S/C86H60N2S2/c1-57-55-67(47-53-79(57)87(81-31-13-9-23-71(81)63-39-35-61(36-40-63)59-19-5-3-6-20-59)69-49-43-65(44-50-69)73-27-17-29-77-75-25-11-15-33-83(75)89-85(73)77)68-48-54-80(58(2)56-68)88(82-32-14-10-24-72(82)64-41-37-62(38-42-64)60-21-7-4-8-22-60)70-51-45-66(46-52-70)74-28-18-30-78-76-26-12-16-34-84(76)90-86(74)78/h3-56H,1-2H3. The van der Waals surface area contributed by atoms with Gasteiger partial charge in [0.2, 0.25) is 0 Å². The normalized spacial score (nSPS) is 11.4. The lowest BCUT2D eigenvalue weighted by molar-refractivity contribution is 1.24. The first-order valence-corrected chi connectivity index (χ1v) is 32.4. The summed E-state index contributed by atoms with van der Waals surface area (Å²) in [6.45, 7) is 4.52. The lowest BCUT2D eigenvalue weighted by Crippen LogP contribution is -2.13. The van der Waals surface area contributed by atoms with Crippen LogP contribution in [-0.2, 0) is 0 Å². The Morgan fingerprint density at radius 3 is 0.922 bits per heavy atom. The van der Waals surface area contributed by atoms with E-state index in [2.05, 4.69) is 351 Å². The van der Waals surface area contributed by atoms with Gasteiger partial charge in [-0.3, -0.25) is 0 Å². The predicted octanol–water partition coefficient (Wildman–Crippen LogP) is 25.6. The summed E-state index contributed by atoms with van der Waals surface area (Å²) < 4.78 is 5.25. The zero-order valence-corrected chi connectivity index (χ0v) is 51.5. The molecule has 0 aliphatic rings. The number of nitrogens with zero attached hydrogens (tertiary/aromatic N) is 2. The molecule has 0 aliphatic heterocycles. The summed E-state index contributed by atoms with van der Waals surface area (Å²) in [4.78, 5) is 4.91. The van der Waals surface area contributed by atoms with E-state index in [0.717, 1.165) is 67.5 Å². The van der Waals surface area contributed by atoms with Gasteiger partial charge in [0.25, 0.3) is 0 Å². The summed E-state index contributed by atoms with van der Waals surface area (Å²) in [5.74, 6) is 0. The first-order chi connectivity index (χ1) is 44.5. The van der Waals surface area contributed by atoms with E-state index in [0.29, 0.717) is 0 Å². The SMILES string of the molecule is Cc1cc(-c2ccc(N(c3ccc(-c4cccc5c4sc4ccccc45)cc3)c3ccccc3-c3ccc(-c4ccccc4)cc3)c(C)c2)ccc1N(c1ccc(-c2cccc3c2sc2ccccc23)cc1)c1ccccc1-c1ccc(-c2ccccc2)cc1. The molecule has 0 unspecified atom stereocenters. The summed E-state index contributed by atoms with van der Waals surface area (Å²) in [5.41, 5.74) is 25.6. The van der Waals surface area contributed by atoms with Crippen LogP contribution >= 0.6 is 22.7 Å². The lowest BCUT2D eigenvalue weighted by atomic mass is 9.96. The minimum atomic E-state index is 1.09. The van der Waals surface area contributed by atoms with Crippen LogP contribution < -0.4 is 9.80 Å². The molecule has 16 rings (SSSR count). The number of hydrogen-bond donors (Lipinski definition) is 0. The van der Waals surface area contributed by atoms with Gasteiger partial charge in [-0.2, -0.15) is 0 Å². The van der Waals surface area contributed by atoms with Gasteiger partial charge in [-0.15, -0.1) is 22.7 Å². The molecule has 0 aliphatic carbocycles. The second-order valence-corrected chi connectivity index (χ2v) is 25.4. The zero-order valence-electron chi connectivity index (χ0n) is 49.9. The van der Waals surface area contributed by atoms with Crippen LogP contribution in [0.3, 0.4) is 0 Å². The maximum atomic E-state index is 2.45. The number of anilines is 6. The van der Waals surface area contributed by atoms with Gasteiger partial charge in [-0.05, 0) is 165 Å². The van der Waals surface area contributed by atoms with Crippen LogP contribution in [0.1, 0.15) is 11.1 Å². The molecule has 2 heterocycles. The number of rotatable bonds is 13. The van der Waals surface area contributed by atoms with Gasteiger partial charge in [0.05, 0.1) is 11.4 Å². The van der Waals surface area contributed by atoms with Crippen molar-refractivity contribution < 1.29 is 0 Å². The van der Waals surface area contributed by atoms with E-state index in [9.17, 15) is 0 Å².